The third kappa shape index (κ3) is 3.18. The number of rotatable bonds is 3. The van der Waals surface area contributed by atoms with Gasteiger partial charge >= 0.3 is 0 Å². The number of halogens is 1. The van der Waals surface area contributed by atoms with Gasteiger partial charge in [0.1, 0.15) is 5.82 Å². The van der Waals surface area contributed by atoms with Crippen LogP contribution >= 0.6 is 0 Å². The van der Waals surface area contributed by atoms with Crippen LogP contribution in [0.4, 0.5) is 4.39 Å². The fraction of sp³-hybridized carbons (Fsp3) is 0.360. The van der Waals surface area contributed by atoms with Crippen LogP contribution in [0.3, 0.4) is 0 Å². The number of aryl methyl sites for hydroxylation is 1. The molecular weight excluding hydrogens is 347 g/mol. The van der Waals surface area contributed by atoms with Gasteiger partial charge in [-0.3, -0.25) is 0 Å². The number of hydrogen-bond acceptors (Lipinski definition) is 1. The van der Waals surface area contributed by atoms with E-state index in [9.17, 15) is 4.39 Å². The Morgan fingerprint density at radius 2 is 1.79 bits per heavy atom. The van der Waals surface area contributed by atoms with E-state index in [0.717, 1.165) is 31.5 Å². The lowest BCUT2D eigenvalue weighted by Crippen LogP contribution is -2.21. The number of hydrogen-bond donors (Lipinski definition) is 0. The lowest BCUT2D eigenvalue weighted by Gasteiger charge is -2.14. The molecule has 0 amide bonds. The maximum Gasteiger partial charge on any atom is 0.123 e. The third-order valence-corrected chi connectivity index (χ3v) is 6.31. The van der Waals surface area contributed by atoms with Crippen LogP contribution in [-0.2, 0) is 12.8 Å². The quantitative estimate of drug-likeness (QED) is 0.585. The highest BCUT2D eigenvalue weighted by Gasteiger charge is 2.28. The Morgan fingerprint density at radius 3 is 2.54 bits per heavy atom. The molecule has 28 heavy (non-hydrogen) atoms. The van der Waals surface area contributed by atoms with Crippen LogP contribution in [-0.4, -0.2) is 29.6 Å². The average molecular weight is 375 g/mol. The number of likely N-dealkylation sites (N-methyl/N-ethyl adjacent to an activating group) is 1. The molecule has 3 heteroatoms. The molecule has 2 aromatic carbocycles. The Balaban J connectivity index is 1.71. The minimum absolute atomic E-state index is 0.169. The molecule has 2 aliphatic rings. The molecular formula is C25H27FN2. The zero-order valence-corrected chi connectivity index (χ0v) is 16.7. The molecule has 1 saturated carbocycles. The molecule has 1 fully saturated rings. The van der Waals surface area contributed by atoms with E-state index in [2.05, 4.69) is 47.8 Å². The topological polar surface area (TPSA) is 8.17 Å². The van der Waals surface area contributed by atoms with Gasteiger partial charge in [0.2, 0.25) is 0 Å². The van der Waals surface area contributed by atoms with Crippen LogP contribution in [0.15, 0.2) is 42.5 Å². The predicted octanol–water partition coefficient (Wildman–Crippen LogP) is 5.53. The maximum atomic E-state index is 13.5. The Kier molecular flexibility index (Phi) is 4.36. The molecule has 3 aromatic rings. The van der Waals surface area contributed by atoms with Crippen molar-refractivity contribution in [1.29, 1.82) is 0 Å². The minimum Gasteiger partial charge on any atom is -0.320 e. The second kappa shape index (κ2) is 6.89. The number of nitrogens with zero attached hydrogens (tertiary/aromatic N) is 2. The SMILES string of the molecule is Cc1ccc2c(c1)c1c(n2C=C(c2ccc(F)cc2)C2CC2)CCN(C)CC1. The van der Waals surface area contributed by atoms with Crippen molar-refractivity contribution >= 4 is 22.7 Å². The van der Waals surface area contributed by atoms with Crippen LogP contribution in [0.1, 0.15) is 35.2 Å². The largest absolute Gasteiger partial charge is 0.320 e. The van der Waals surface area contributed by atoms with E-state index >= 15 is 0 Å². The first-order valence-corrected chi connectivity index (χ1v) is 10.4. The molecule has 0 N–H and O–H groups in total. The van der Waals surface area contributed by atoms with Gasteiger partial charge in [0, 0.05) is 36.8 Å². The van der Waals surface area contributed by atoms with Gasteiger partial charge in [-0.05, 0) is 80.1 Å². The van der Waals surface area contributed by atoms with Crippen molar-refractivity contribution < 1.29 is 4.39 Å². The first-order chi connectivity index (χ1) is 13.6. The number of aromatic nitrogens is 1. The van der Waals surface area contributed by atoms with Crippen molar-refractivity contribution in [1.82, 2.24) is 9.47 Å². The van der Waals surface area contributed by atoms with Crippen LogP contribution in [0.25, 0.3) is 22.7 Å². The summed E-state index contributed by atoms with van der Waals surface area (Å²) in [5.41, 5.74) is 8.07. The summed E-state index contributed by atoms with van der Waals surface area (Å²) < 4.78 is 15.9. The highest BCUT2D eigenvalue weighted by Crippen LogP contribution is 2.43. The van der Waals surface area contributed by atoms with E-state index in [1.807, 2.05) is 12.1 Å². The Morgan fingerprint density at radius 1 is 1.04 bits per heavy atom. The minimum atomic E-state index is -0.169. The molecule has 0 unspecified atom stereocenters. The van der Waals surface area contributed by atoms with Gasteiger partial charge in [-0.1, -0.05) is 23.8 Å². The van der Waals surface area contributed by atoms with Crippen LogP contribution in [0.5, 0.6) is 0 Å². The van der Waals surface area contributed by atoms with Gasteiger partial charge in [-0.25, -0.2) is 4.39 Å². The summed E-state index contributed by atoms with van der Waals surface area (Å²) in [7, 11) is 2.22. The standard InChI is InChI=1S/C25H27FN2/c1-17-3-10-24-22(15-17)21-11-13-27(2)14-12-25(21)28(24)16-23(18-4-5-18)19-6-8-20(26)9-7-19/h3,6-10,15-16,18H,4-5,11-14H2,1-2H3. The first-order valence-electron chi connectivity index (χ1n) is 10.4. The average Bonchev–Trinajstić information content (AvgIpc) is 3.50. The smallest absolute Gasteiger partial charge is 0.123 e. The summed E-state index contributed by atoms with van der Waals surface area (Å²) in [6.07, 6.45) is 6.98. The number of allylic oxidation sites excluding steroid dienone is 1. The van der Waals surface area contributed by atoms with E-state index in [0.29, 0.717) is 5.92 Å². The molecule has 0 spiro atoms. The second-order valence-electron chi connectivity index (χ2n) is 8.48. The Labute approximate surface area is 166 Å². The lowest BCUT2D eigenvalue weighted by molar-refractivity contribution is 0.351. The predicted molar refractivity (Wildman–Crippen MR) is 115 cm³/mol. The Hall–Kier alpha value is -2.39. The second-order valence-corrected chi connectivity index (χ2v) is 8.48. The monoisotopic (exact) mass is 374 g/mol. The van der Waals surface area contributed by atoms with Crippen molar-refractivity contribution in [3.8, 4) is 0 Å². The van der Waals surface area contributed by atoms with Crippen LogP contribution in [0.2, 0.25) is 0 Å². The molecule has 1 aliphatic carbocycles. The number of benzene rings is 2. The summed E-state index contributed by atoms with van der Waals surface area (Å²) in [4.78, 5) is 2.43. The molecule has 2 heterocycles. The van der Waals surface area contributed by atoms with Crippen LogP contribution < -0.4 is 0 Å². The van der Waals surface area contributed by atoms with Crippen LogP contribution in [0, 0.1) is 18.7 Å². The zero-order chi connectivity index (χ0) is 19.3. The van der Waals surface area contributed by atoms with Crippen molar-refractivity contribution in [3.63, 3.8) is 0 Å². The highest BCUT2D eigenvalue weighted by atomic mass is 19.1. The summed E-state index contributed by atoms with van der Waals surface area (Å²) in [5, 5.41) is 1.40. The van der Waals surface area contributed by atoms with E-state index in [1.165, 1.54) is 46.1 Å². The fourth-order valence-electron chi connectivity index (χ4n) is 4.55. The summed E-state index contributed by atoms with van der Waals surface area (Å²) in [6, 6.07) is 13.9. The molecule has 144 valence electrons. The van der Waals surface area contributed by atoms with E-state index in [-0.39, 0.29) is 5.82 Å². The molecule has 2 nitrogen and oxygen atoms in total. The van der Waals surface area contributed by atoms with Gasteiger partial charge in [0.05, 0.1) is 5.52 Å². The van der Waals surface area contributed by atoms with Crippen molar-refractivity contribution in [2.75, 3.05) is 20.1 Å². The number of fused-ring (bicyclic) bond motifs is 3. The molecule has 0 saturated heterocycles. The van der Waals surface area contributed by atoms with Gasteiger partial charge in [-0.15, -0.1) is 0 Å². The third-order valence-electron chi connectivity index (χ3n) is 6.31. The zero-order valence-electron chi connectivity index (χ0n) is 16.7. The molecule has 0 radical (unpaired) electrons. The lowest BCUT2D eigenvalue weighted by atomic mass is 10.0. The molecule has 1 aliphatic heterocycles. The summed E-state index contributed by atoms with van der Waals surface area (Å²) in [5.74, 6) is 0.426. The van der Waals surface area contributed by atoms with Gasteiger partial charge in [0.25, 0.3) is 0 Å². The van der Waals surface area contributed by atoms with Crippen molar-refractivity contribution in [2.24, 2.45) is 5.92 Å². The van der Waals surface area contributed by atoms with Gasteiger partial charge in [-0.2, -0.15) is 0 Å². The van der Waals surface area contributed by atoms with Crippen molar-refractivity contribution in [2.45, 2.75) is 32.6 Å². The highest BCUT2D eigenvalue weighted by molar-refractivity contribution is 5.91. The summed E-state index contributed by atoms with van der Waals surface area (Å²) in [6.45, 7) is 4.37. The summed E-state index contributed by atoms with van der Waals surface area (Å²) >= 11 is 0. The van der Waals surface area contributed by atoms with Crippen molar-refractivity contribution in [3.05, 3.63) is 70.7 Å². The molecule has 1 aromatic heterocycles. The fourth-order valence-corrected chi connectivity index (χ4v) is 4.55. The molecule has 0 bridgehead atoms. The molecule has 0 atom stereocenters. The Bertz CT molecular complexity index is 1050. The maximum absolute atomic E-state index is 13.5. The van der Waals surface area contributed by atoms with E-state index in [1.54, 1.807) is 12.1 Å². The first kappa shape index (κ1) is 17.7. The molecule has 5 rings (SSSR count). The van der Waals surface area contributed by atoms with E-state index < -0.39 is 0 Å². The normalized spacial score (nSPS) is 18.3. The van der Waals surface area contributed by atoms with Gasteiger partial charge < -0.3 is 9.47 Å². The van der Waals surface area contributed by atoms with Gasteiger partial charge in [0.15, 0.2) is 0 Å². The van der Waals surface area contributed by atoms with E-state index in [4.69, 9.17) is 0 Å².